The maximum Gasteiger partial charge on any atom is 0.0947 e. The van der Waals surface area contributed by atoms with Crippen molar-refractivity contribution in [2.24, 2.45) is 11.8 Å². The van der Waals surface area contributed by atoms with E-state index in [-0.39, 0.29) is 11.8 Å². The minimum atomic E-state index is -0.777. The standard InChI is InChI=1S/C17H22O/c1-12(2)17(18,13(3)4)16-11-7-9-14-8-5-6-10-15(14)16/h5-13,18H,1-4H3. The molecule has 1 heteroatoms. The van der Waals surface area contributed by atoms with E-state index in [1.54, 1.807) is 0 Å². The third-order valence-electron chi connectivity index (χ3n) is 3.98. The van der Waals surface area contributed by atoms with Gasteiger partial charge in [-0.2, -0.15) is 0 Å². The SMILES string of the molecule is CC(C)C(O)(c1cccc2ccccc12)C(C)C. The molecule has 0 radical (unpaired) electrons. The van der Waals surface area contributed by atoms with Crippen molar-refractivity contribution in [3.63, 3.8) is 0 Å². The molecule has 1 N–H and O–H groups in total. The normalized spacial score (nSPS) is 12.6. The summed E-state index contributed by atoms with van der Waals surface area (Å²) in [6.07, 6.45) is 0. The summed E-state index contributed by atoms with van der Waals surface area (Å²) in [4.78, 5) is 0. The van der Waals surface area contributed by atoms with Crippen LogP contribution in [0.25, 0.3) is 10.8 Å². The van der Waals surface area contributed by atoms with Gasteiger partial charge in [-0.15, -0.1) is 0 Å². The Bertz CT molecular complexity index is 527. The van der Waals surface area contributed by atoms with Gasteiger partial charge in [0.15, 0.2) is 0 Å². The Morgan fingerprint density at radius 2 is 1.39 bits per heavy atom. The highest BCUT2D eigenvalue weighted by atomic mass is 16.3. The Morgan fingerprint density at radius 1 is 0.833 bits per heavy atom. The van der Waals surface area contributed by atoms with Gasteiger partial charge in [0.2, 0.25) is 0 Å². The van der Waals surface area contributed by atoms with E-state index in [4.69, 9.17) is 0 Å². The van der Waals surface area contributed by atoms with Crippen LogP contribution in [0.4, 0.5) is 0 Å². The number of benzene rings is 2. The van der Waals surface area contributed by atoms with Gasteiger partial charge in [0.05, 0.1) is 5.60 Å². The summed E-state index contributed by atoms with van der Waals surface area (Å²) < 4.78 is 0. The molecule has 0 saturated carbocycles. The van der Waals surface area contributed by atoms with Gasteiger partial charge in [0.25, 0.3) is 0 Å². The van der Waals surface area contributed by atoms with Crippen molar-refractivity contribution in [2.75, 3.05) is 0 Å². The van der Waals surface area contributed by atoms with Crippen LogP contribution in [0.1, 0.15) is 33.3 Å². The molecule has 2 aromatic rings. The zero-order valence-corrected chi connectivity index (χ0v) is 11.6. The third kappa shape index (κ3) is 1.93. The summed E-state index contributed by atoms with van der Waals surface area (Å²) in [6.45, 7) is 8.34. The van der Waals surface area contributed by atoms with Crippen LogP contribution in [0.5, 0.6) is 0 Å². The fraction of sp³-hybridized carbons (Fsp3) is 0.412. The fourth-order valence-electron chi connectivity index (χ4n) is 2.86. The molecule has 18 heavy (non-hydrogen) atoms. The Kier molecular flexibility index (Phi) is 3.45. The highest BCUT2D eigenvalue weighted by Crippen LogP contribution is 2.40. The van der Waals surface area contributed by atoms with Gasteiger partial charge in [-0.05, 0) is 28.2 Å². The molecule has 0 unspecified atom stereocenters. The molecule has 0 bridgehead atoms. The average Bonchev–Trinajstić information content (AvgIpc) is 2.36. The monoisotopic (exact) mass is 242 g/mol. The molecule has 1 nitrogen and oxygen atoms in total. The van der Waals surface area contributed by atoms with E-state index in [1.165, 1.54) is 5.39 Å². The average molecular weight is 242 g/mol. The first-order chi connectivity index (χ1) is 8.48. The summed E-state index contributed by atoms with van der Waals surface area (Å²) in [5, 5.41) is 13.5. The highest BCUT2D eigenvalue weighted by Gasteiger charge is 2.37. The maximum atomic E-state index is 11.1. The lowest BCUT2D eigenvalue weighted by Crippen LogP contribution is -2.37. The van der Waals surface area contributed by atoms with Crippen LogP contribution < -0.4 is 0 Å². The minimum absolute atomic E-state index is 0.184. The largest absolute Gasteiger partial charge is 0.385 e. The molecule has 0 saturated heterocycles. The number of rotatable bonds is 3. The van der Waals surface area contributed by atoms with Crippen molar-refractivity contribution in [1.82, 2.24) is 0 Å². The molecular formula is C17H22O. The lowest BCUT2D eigenvalue weighted by molar-refractivity contribution is -0.0518. The van der Waals surface area contributed by atoms with E-state index in [9.17, 15) is 5.11 Å². The molecule has 0 amide bonds. The second-order valence-electron chi connectivity index (χ2n) is 5.66. The first-order valence-electron chi connectivity index (χ1n) is 6.68. The van der Waals surface area contributed by atoms with Crippen molar-refractivity contribution in [1.29, 1.82) is 0 Å². The zero-order chi connectivity index (χ0) is 13.3. The molecule has 96 valence electrons. The molecular weight excluding hydrogens is 220 g/mol. The van der Waals surface area contributed by atoms with Crippen molar-refractivity contribution in [3.05, 3.63) is 48.0 Å². The zero-order valence-electron chi connectivity index (χ0n) is 11.6. The predicted molar refractivity (Wildman–Crippen MR) is 77.5 cm³/mol. The minimum Gasteiger partial charge on any atom is -0.385 e. The van der Waals surface area contributed by atoms with Crippen LogP contribution in [0, 0.1) is 11.8 Å². The van der Waals surface area contributed by atoms with Gasteiger partial charge in [-0.25, -0.2) is 0 Å². The highest BCUT2D eigenvalue weighted by molar-refractivity contribution is 5.86. The number of hydrogen-bond acceptors (Lipinski definition) is 1. The van der Waals surface area contributed by atoms with Gasteiger partial charge >= 0.3 is 0 Å². The van der Waals surface area contributed by atoms with Crippen molar-refractivity contribution >= 4 is 10.8 Å². The third-order valence-corrected chi connectivity index (χ3v) is 3.98. The van der Waals surface area contributed by atoms with E-state index in [1.807, 2.05) is 18.2 Å². The number of aliphatic hydroxyl groups is 1. The Labute approximate surface area is 109 Å². The van der Waals surface area contributed by atoms with Crippen LogP contribution in [0.2, 0.25) is 0 Å². The van der Waals surface area contributed by atoms with Gasteiger partial charge < -0.3 is 5.11 Å². The Hall–Kier alpha value is -1.34. The van der Waals surface area contributed by atoms with Crippen molar-refractivity contribution in [2.45, 2.75) is 33.3 Å². The summed E-state index contributed by atoms with van der Waals surface area (Å²) in [5.41, 5.74) is 0.270. The molecule has 0 spiro atoms. The maximum absolute atomic E-state index is 11.1. The van der Waals surface area contributed by atoms with Gasteiger partial charge in [-0.1, -0.05) is 70.2 Å². The van der Waals surface area contributed by atoms with Crippen LogP contribution >= 0.6 is 0 Å². The first-order valence-corrected chi connectivity index (χ1v) is 6.68. The molecule has 2 rings (SSSR count). The lowest BCUT2D eigenvalue weighted by atomic mass is 9.74. The summed E-state index contributed by atoms with van der Waals surface area (Å²) in [5.74, 6) is 0.367. The smallest absolute Gasteiger partial charge is 0.0947 e. The van der Waals surface area contributed by atoms with E-state index < -0.39 is 5.60 Å². The molecule has 0 aliphatic heterocycles. The summed E-state index contributed by atoms with van der Waals surface area (Å²) >= 11 is 0. The number of fused-ring (bicyclic) bond motifs is 1. The van der Waals surface area contributed by atoms with Crippen molar-refractivity contribution < 1.29 is 5.11 Å². The second-order valence-corrected chi connectivity index (χ2v) is 5.66. The molecule has 2 aromatic carbocycles. The van der Waals surface area contributed by atoms with Crippen LogP contribution in [-0.4, -0.2) is 5.11 Å². The van der Waals surface area contributed by atoms with Gasteiger partial charge in [0.1, 0.15) is 0 Å². The van der Waals surface area contributed by atoms with Crippen LogP contribution in [-0.2, 0) is 5.60 Å². The van der Waals surface area contributed by atoms with Gasteiger partial charge in [0, 0.05) is 0 Å². The summed E-state index contributed by atoms with van der Waals surface area (Å²) in [6, 6.07) is 14.5. The molecule has 0 aliphatic rings. The quantitative estimate of drug-likeness (QED) is 0.849. The number of hydrogen-bond donors (Lipinski definition) is 1. The molecule has 0 atom stereocenters. The Balaban J connectivity index is 2.73. The second kappa shape index (κ2) is 4.74. The van der Waals surface area contributed by atoms with E-state index in [0.29, 0.717) is 0 Å². The van der Waals surface area contributed by atoms with Crippen LogP contribution in [0.3, 0.4) is 0 Å². The van der Waals surface area contributed by atoms with Crippen molar-refractivity contribution in [3.8, 4) is 0 Å². The van der Waals surface area contributed by atoms with E-state index in [0.717, 1.165) is 10.9 Å². The van der Waals surface area contributed by atoms with Gasteiger partial charge in [-0.3, -0.25) is 0 Å². The molecule has 0 fully saturated rings. The topological polar surface area (TPSA) is 20.2 Å². The molecule has 0 aromatic heterocycles. The van der Waals surface area contributed by atoms with E-state index in [2.05, 4.69) is 52.0 Å². The first kappa shape index (κ1) is 13.1. The van der Waals surface area contributed by atoms with E-state index >= 15 is 0 Å². The lowest BCUT2D eigenvalue weighted by Gasteiger charge is -2.37. The molecule has 0 aliphatic carbocycles. The summed E-state index contributed by atoms with van der Waals surface area (Å²) in [7, 11) is 0. The molecule has 0 heterocycles. The van der Waals surface area contributed by atoms with Crippen LogP contribution in [0.15, 0.2) is 42.5 Å². The Morgan fingerprint density at radius 3 is 2.00 bits per heavy atom. The predicted octanol–water partition coefficient (Wildman–Crippen LogP) is 4.34. The fourth-order valence-corrected chi connectivity index (χ4v) is 2.86.